The molecular weight excluding hydrogens is 235 g/mol. The minimum Gasteiger partial charge on any atom is -0.387 e. The molecule has 1 amide bonds. The van der Waals surface area contributed by atoms with Crippen LogP contribution in [0.5, 0.6) is 0 Å². The molecule has 3 N–H and O–H groups in total. The second-order valence-corrected chi connectivity index (χ2v) is 4.09. The Balaban J connectivity index is 2.43. The first-order valence-corrected chi connectivity index (χ1v) is 5.99. The van der Waals surface area contributed by atoms with Gasteiger partial charge < -0.3 is 15.7 Å². The van der Waals surface area contributed by atoms with Gasteiger partial charge in [-0.1, -0.05) is 12.1 Å². The molecule has 2 unspecified atom stereocenters. The van der Waals surface area contributed by atoms with Crippen molar-refractivity contribution in [1.29, 1.82) is 0 Å². The lowest BCUT2D eigenvalue weighted by molar-refractivity contribution is -0.122. The predicted molar refractivity (Wildman–Crippen MR) is 67.5 cm³/mol. The van der Waals surface area contributed by atoms with Crippen molar-refractivity contribution in [3.63, 3.8) is 0 Å². The van der Waals surface area contributed by atoms with Crippen LogP contribution in [0.2, 0.25) is 0 Å². The molecule has 2 atom stereocenters. The Morgan fingerprint density at radius 3 is 2.56 bits per heavy atom. The fraction of sp³-hybridized carbons (Fsp3) is 0.462. The summed E-state index contributed by atoms with van der Waals surface area (Å²) in [5, 5.41) is 15.5. The van der Waals surface area contributed by atoms with Crippen molar-refractivity contribution in [2.45, 2.75) is 26.0 Å². The normalized spacial score (nSPS) is 14.0. The Morgan fingerprint density at radius 1 is 1.39 bits per heavy atom. The lowest BCUT2D eigenvalue weighted by Crippen LogP contribution is -2.43. The van der Waals surface area contributed by atoms with Crippen LogP contribution in [0.25, 0.3) is 0 Å². The molecule has 0 heterocycles. The highest BCUT2D eigenvalue weighted by molar-refractivity contribution is 5.81. The zero-order valence-corrected chi connectivity index (χ0v) is 10.6. The molecule has 0 aliphatic heterocycles. The highest BCUT2D eigenvalue weighted by Gasteiger charge is 2.14. The quantitative estimate of drug-likeness (QED) is 0.709. The van der Waals surface area contributed by atoms with E-state index in [9.17, 15) is 14.3 Å². The zero-order valence-electron chi connectivity index (χ0n) is 10.6. The van der Waals surface area contributed by atoms with Gasteiger partial charge in [0.2, 0.25) is 5.91 Å². The Bertz CT molecular complexity index is 381. The lowest BCUT2D eigenvalue weighted by atomic mass is 10.1. The van der Waals surface area contributed by atoms with E-state index in [-0.39, 0.29) is 24.3 Å². The van der Waals surface area contributed by atoms with Crippen molar-refractivity contribution in [2.24, 2.45) is 0 Å². The highest BCUT2D eigenvalue weighted by atomic mass is 19.1. The maximum absolute atomic E-state index is 12.7. The SMILES string of the molecule is CCNC(=O)C(C)NCC(O)c1ccc(F)cc1. The van der Waals surface area contributed by atoms with Gasteiger partial charge in [-0.2, -0.15) is 0 Å². The van der Waals surface area contributed by atoms with Gasteiger partial charge in [-0.05, 0) is 31.5 Å². The molecule has 0 spiro atoms. The van der Waals surface area contributed by atoms with Crippen molar-refractivity contribution in [1.82, 2.24) is 10.6 Å². The van der Waals surface area contributed by atoms with Gasteiger partial charge in [0.1, 0.15) is 5.82 Å². The standard InChI is InChI=1S/C13H19FN2O2/c1-3-15-13(18)9(2)16-8-12(17)10-4-6-11(14)7-5-10/h4-7,9,12,16-17H,3,8H2,1-2H3,(H,15,18). The van der Waals surface area contributed by atoms with Crippen molar-refractivity contribution in [3.05, 3.63) is 35.6 Å². The number of aliphatic hydroxyl groups is 1. The van der Waals surface area contributed by atoms with Crippen molar-refractivity contribution < 1.29 is 14.3 Å². The third-order valence-corrected chi connectivity index (χ3v) is 2.62. The van der Waals surface area contributed by atoms with E-state index < -0.39 is 6.10 Å². The Kier molecular flexibility index (Phi) is 5.74. The number of benzene rings is 1. The number of rotatable bonds is 6. The lowest BCUT2D eigenvalue weighted by Gasteiger charge is -2.16. The average molecular weight is 254 g/mol. The second-order valence-electron chi connectivity index (χ2n) is 4.09. The number of carbonyl (C=O) groups is 1. The molecule has 0 saturated heterocycles. The smallest absolute Gasteiger partial charge is 0.236 e. The molecule has 0 radical (unpaired) electrons. The maximum Gasteiger partial charge on any atom is 0.236 e. The molecule has 0 aromatic heterocycles. The minimum absolute atomic E-state index is 0.108. The molecule has 100 valence electrons. The van der Waals surface area contributed by atoms with Crippen molar-refractivity contribution >= 4 is 5.91 Å². The fourth-order valence-corrected chi connectivity index (χ4v) is 1.51. The molecule has 1 aromatic rings. The molecule has 4 nitrogen and oxygen atoms in total. The number of hydrogen-bond donors (Lipinski definition) is 3. The molecule has 0 saturated carbocycles. The van der Waals surface area contributed by atoms with Gasteiger partial charge in [0, 0.05) is 13.1 Å². The van der Waals surface area contributed by atoms with Crippen LogP contribution in [0, 0.1) is 5.82 Å². The van der Waals surface area contributed by atoms with Crippen LogP contribution in [0.4, 0.5) is 4.39 Å². The first-order valence-electron chi connectivity index (χ1n) is 5.99. The first-order chi connectivity index (χ1) is 8.54. The monoisotopic (exact) mass is 254 g/mol. The zero-order chi connectivity index (χ0) is 13.5. The topological polar surface area (TPSA) is 61.4 Å². The van der Waals surface area contributed by atoms with Gasteiger partial charge in [-0.15, -0.1) is 0 Å². The van der Waals surface area contributed by atoms with Gasteiger partial charge >= 0.3 is 0 Å². The van der Waals surface area contributed by atoms with E-state index in [0.29, 0.717) is 12.1 Å². The van der Waals surface area contributed by atoms with Crippen LogP contribution in [0.1, 0.15) is 25.5 Å². The summed E-state index contributed by atoms with van der Waals surface area (Å²) in [4.78, 5) is 11.4. The number of nitrogens with one attached hydrogen (secondary N) is 2. The molecular formula is C13H19FN2O2. The number of hydrogen-bond acceptors (Lipinski definition) is 3. The van der Waals surface area contributed by atoms with Gasteiger partial charge in [0.25, 0.3) is 0 Å². The summed E-state index contributed by atoms with van der Waals surface area (Å²) in [5.41, 5.74) is 0.618. The van der Waals surface area contributed by atoms with Gasteiger partial charge in [0.05, 0.1) is 12.1 Å². The largest absolute Gasteiger partial charge is 0.387 e. The summed E-state index contributed by atoms with van der Waals surface area (Å²) in [7, 11) is 0. The van der Waals surface area contributed by atoms with Crippen LogP contribution in [0.3, 0.4) is 0 Å². The van der Waals surface area contributed by atoms with E-state index in [4.69, 9.17) is 0 Å². The van der Waals surface area contributed by atoms with Crippen LogP contribution in [-0.2, 0) is 4.79 Å². The number of halogens is 1. The van der Waals surface area contributed by atoms with Crippen LogP contribution in [-0.4, -0.2) is 30.1 Å². The van der Waals surface area contributed by atoms with E-state index in [2.05, 4.69) is 10.6 Å². The molecule has 1 aromatic carbocycles. The molecule has 0 aliphatic carbocycles. The predicted octanol–water partition coefficient (Wildman–Crippen LogP) is 0.973. The van der Waals surface area contributed by atoms with Gasteiger partial charge in [-0.25, -0.2) is 4.39 Å². The van der Waals surface area contributed by atoms with E-state index in [1.165, 1.54) is 24.3 Å². The summed E-state index contributed by atoms with van der Waals surface area (Å²) in [6.07, 6.45) is -0.762. The van der Waals surface area contributed by atoms with Crippen LogP contribution >= 0.6 is 0 Å². The van der Waals surface area contributed by atoms with Gasteiger partial charge in [-0.3, -0.25) is 4.79 Å². The number of carbonyl (C=O) groups excluding carboxylic acids is 1. The Labute approximate surface area is 106 Å². The van der Waals surface area contributed by atoms with E-state index in [1.54, 1.807) is 6.92 Å². The van der Waals surface area contributed by atoms with E-state index in [0.717, 1.165) is 0 Å². The van der Waals surface area contributed by atoms with Gasteiger partial charge in [0.15, 0.2) is 0 Å². The number of aliphatic hydroxyl groups excluding tert-OH is 1. The summed E-state index contributed by atoms with van der Waals surface area (Å²) < 4.78 is 12.7. The fourth-order valence-electron chi connectivity index (χ4n) is 1.51. The van der Waals surface area contributed by atoms with E-state index in [1.807, 2.05) is 6.92 Å². The highest BCUT2D eigenvalue weighted by Crippen LogP contribution is 2.12. The molecule has 0 bridgehead atoms. The summed E-state index contributed by atoms with van der Waals surface area (Å²) >= 11 is 0. The third kappa shape index (κ3) is 4.43. The molecule has 18 heavy (non-hydrogen) atoms. The number of amides is 1. The van der Waals surface area contributed by atoms with Crippen LogP contribution < -0.4 is 10.6 Å². The summed E-state index contributed by atoms with van der Waals surface area (Å²) in [6.45, 7) is 4.38. The Hall–Kier alpha value is -1.46. The summed E-state index contributed by atoms with van der Waals surface area (Å²) in [5.74, 6) is -0.446. The minimum atomic E-state index is -0.762. The van der Waals surface area contributed by atoms with E-state index >= 15 is 0 Å². The third-order valence-electron chi connectivity index (χ3n) is 2.62. The number of likely N-dealkylation sites (N-methyl/N-ethyl adjacent to an activating group) is 1. The van der Waals surface area contributed by atoms with Crippen molar-refractivity contribution in [3.8, 4) is 0 Å². The average Bonchev–Trinajstić information content (AvgIpc) is 2.36. The molecule has 0 fully saturated rings. The first kappa shape index (κ1) is 14.6. The molecule has 0 aliphatic rings. The summed E-state index contributed by atoms with van der Waals surface area (Å²) in [6, 6.07) is 5.27. The maximum atomic E-state index is 12.7. The van der Waals surface area contributed by atoms with Crippen molar-refractivity contribution in [2.75, 3.05) is 13.1 Å². The molecule has 1 rings (SSSR count). The Morgan fingerprint density at radius 2 is 2.00 bits per heavy atom. The van der Waals surface area contributed by atoms with Crippen LogP contribution in [0.15, 0.2) is 24.3 Å². The second kappa shape index (κ2) is 7.08. The molecule has 5 heteroatoms.